The van der Waals surface area contributed by atoms with Gasteiger partial charge in [0.1, 0.15) is 5.75 Å². The van der Waals surface area contributed by atoms with Gasteiger partial charge in [-0.25, -0.2) is 0 Å². The van der Waals surface area contributed by atoms with Crippen molar-refractivity contribution in [1.29, 1.82) is 0 Å². The van der Waals surface area contributed by atoms with Gasteiger partial charge in [-0.15, -0.1) is 0 Å². The average Bonchev–Trinajstić information content (AvgIpc) is 3.13. The molecule has 0 aromatic heterocycles. The molecule has 0 aliphatic carbocycles. The third kappa shape index (κ3) is 4.77. The molecule has 3 rings (SSSR count). The number of amides is 1. The van der Waals surface area contributed by atoms with E-state index in [0.717, 1.165) is 42.1 Å². The largest absolute Gasteiger partial charge is 0.497 e. The lowest BCUT2D eigenvalue weighted by Gasteiger charge is -2.21. The molecule has 2 N–H and O–H groups in total. The van der Waals surface area contributed by atoms with Gasteiger partial charge in [0.05, 0.1) is 13.2 Å². The van der Waals surface area contributed by atoms with Gasteiger partial charge in [0.15, 0.2) is 5.11 Å². The minimum Gasteiger partial charge on any atom is -0.497 e. The van der Waals surface area contributed by atoms with Crippen LogP contribution in [0.2, 0.25) is 0 Å². The van der Waals surface area contributed by atoms with Crippen LogP contribution in [-0.2, 0) is 4.79 Å². The summed E-state index contributed by atoms with van der Waals surface area (Å²) in [5, 5.41) is 7.15. The van der Waals surface area contributed by atoms with Crippen molar-refractivity contribution in [3.05, 3.63) is 54.1 Å². The number of thiocarbonyl (C=S) groups is 1. The van der Waals surface area contributed by atoms with Gasteiger partial charge < -0.3 is 20.3 Å². The number of benzene rings is 2. The normalized spacial score (nSPS) is 14.7. The van der Waals surface area contributed by atoms with Crippen LogP contribution in [0.25, 0.3) is 0 Å². The lowest BCUT2D eigenvalue weighted by Crippen LogP contribution is -2.32. The van der Waals surface area contributed by atoms with E-state index in [1.54, 1.807) is 7.11 Å². The molecule has 0 unspecified atom stereocenters. The van der Waals surface area contributed by atoms with Crippen LogP contribution >= 0.6 is 12.2 Å². The number of ether oxygens (including phenoxy) is 1. The summed E-state index contributed by atoms with van der Waals surface area (Å²) in [6.45, 7) is 2.91. The Morgan fingerprint density at radius 2 is 1.89 bits per heavy atom. The molecule has 2 aromatic rings. The number of anilines is 2. The number of nitrogens with one attached hydrogen (secondary N) is 2. The molecule has 142 valence electrons. The molecule has 0 saturated carbocycles. The van der Waals surface area contributed by atoms with Crippen molar-refractivity contribution in [3.63, 3.8) is 0 Å². The van der Waals surface area contributed by atoms with E-state index in [1.165, 1.54) is 0 Å². The maximum atomic E-state index is 11.8. The van der Waals surface area contributed by atoms with Crippen LogP contribution in [0.5, 0.6) is 5.75 Å². The van der Waals surface area contributed by atoms with Crippen LogP contribution in [0.4, 0.5) is 11.4 Å². The Bertz CT molecular complexity index is 790. The maximum absolute atomic E-state index is 11.8. The van der Waals surface area contributed by atoms with Gasteiger partial charge >= 0.3 is 0 Å². The first-order chi connectivity index (χ1) is 13.1. The zero-order valence-electron chi connectivity index (χ0n) is 15.7. The topological polar surface area (TPSA) is 53.6 Å². The molecule has 6 heteroatoms. The molecule has 0 bridgehead atoms. The van der Waals surface area contributed by atoms with Crippen LogP contribution in [0, 0.1) is 0 Å². The number of carbonyl (C=O) groups excluding carboxylic acids is 1. The van der Waals surface area contributed by atoms with E-state index in [2.05, 4.69) is 17.6 Å². The quantitative estimate of drug-likeness (QED) is 0.730. The first kappa shape index (κ1) is 19.2. The van der Waals surface area contributed by atoms with E-state index in [9.17, 15) is 4.79 Å². The lowest BCUT2D eigenvalue weighted by molar-refractivity contribution is -0.117. The second-order valence-corrected chi connectivity index (χ2v) is 6.94. The maximum Gasteiger partial charge on any atom is 0.227 e. The van der Waals surface area contributed by atoms with E-state index in [1.807, 2.05) is 53.4 Å². The Labute approximate surface area is 165 Å². The summed E-state index contributed by atoms with van der Waals surface area (Å²) in [5.74, 6) is 1.03. The third-order valence-electron chi connectivity index (χ3n) is 4.74. The number of nitrogens with zero attached hydrogens (tertiary/aromatic N) is 1. The number of carbonyl (C=O) groups is 1. The Morgan fingerprint density at radius 3 is 2.44 bits per heavy atom. The summed E-state index contributed by atoms with van der Waals surface area (Å²) in [7, 11) is 1.66. The minimum absolute atomic E-state index is 0.123. The monoisotopic (exact) mass is 383 g/mol. The molecule has 1 atom stereocenters. The van der Waals surface area contributed by atoms with Gasteiger partial charge in [0.2, 0.25) is 5.91 Å². The van der Waals surface area contributed by atoms with Crippen molar-refractivity contribution < 1.29 is 9.53 Å². The van der Waals surface area contributed by atoms with Crippen molar-refractivity contribution in [2.24, 2.45) is 0 Å². The standard InChI is InChI=1S/C21H25N3O2S/c1-3-19(15-6-12-18(26-2)13-7-15)23-21(27)22-16-8-10-17(11-9-16)24-14-4-5-20(24)25/h6-13,19H,3-5,14H2,1-2H3,(H2,22,23,27)/t19-/m0/s1. The second-order valence-electron chi connectivity index (χ2n) is 6.53. The molecule has 1 aliphatic rings. The summed E-state index contributed by atoms with van der Waals surface area (Å²) in [5.41, 5.74) is 2.99. The highest BCUT2D eigenvalue weighted by Gasteiger charge is 2.21. The third-order valence-corrected chi connectivity index (χ3v) is 4.96. The molecule has 2 aromatic carbocycles. The van der Waals surface area contributed by atoms with Crippen molar-refractivity contribution in [3.8, 4) is 5.75 Å². The Hall–Kier alpha value is -2.60. The van der Waals surface area contributed by atoms with Crippen LogP contribution in [0.15, 0.2) is 48.5 Å². The van der Waals surface area contributed by atoms with Crippen molar-refractivity contribution in [2.45, 2.75) is 32.2 Å². The Morgan fingerprint density at radius 1 is 1.19 bits per heavy atom. The van der Waals surface area contributed by atoms with Crippen LogP contribution in [0.1, 0.15) is 37.8 Å². The fraction of sp³-hybridized carbons (Fsp3) is 0.333. The minimum atomic E-state index is 0.123. The SMILES string of the molecule is CC[C@H](NC(=S)Nc1ccc(N2CCCC2=O)cc1)c1ccc(OC)cc1. The van der Waals surface area contributed by atoms with Crippen molar-refractivity contribution in [2.75, 3.05) is 23.9 Å². The molecule has 1 heterocycles. The van der Waals surface area contributed by atoms with E-state index >= 15 is 0 Å². The Balaban J connectivity index is 1.59. The van der Waals surface area contributed by atoms with Crippen LogP contribution in [-0.4, -0.2) is 24.7 Å². The predicted octanol–water partition coefficient (Wildman–Crippen LogP) is 4.26. The molecule has 0 radical (unpaired) electrons. The number of methoxy groups -OCH3 is 1. The number of hydrogen-bond acceptors (Lipinski definition) is 3. The molecule has 1 amide bonds. The summed E-state index contributed by atoms with van der Waals surface area (Å²) in [6.07, 6.45) is 2.47. The first-order valence-electron chi connectivity index (χ1n) is 9.22. The predicted molar refractivity (Wildman–Crippen MR) is 113 cm³/mol. The summed E-state index contributed by atoms with van der Waals surface area (Å²) < 4.78 is 5.21. The average molecular weight is 384 g/mol. The first-order valence-corrected chi connectivity index (χ1v) is 9.63. The van der Waals surface area contributed by atoms with E-state index < -0.39 is 0 Å². The molecule has 5 nitrogen and oxygen atoms in total. The second kappa shape index (κ2) is 8.86. The molecule has 0 spiro atoms. The summed E-state index contributed by atoms with van der Waals surface area (Å²) in [4.78, 5) is 13.7. The van der Waals surface area contributed by atoms with E-state index in [-0.39, 0.29) is 11.9 Å². The molecule has 27 heavy (non-hydrogen) atoms. The molecular weight excluding hydrogens is 358 g/mol. The van der Waals surface area contributed by atoms with Crippen LogP contribution < -0.4 is 20.3 Å². The van der Waals surface area contributed by atoms with E-state index in [0.29, 0.717) is 11.5 Å². The highest BCUT2D eigenvalue weighted by Crippen LogP contribution is 2.24. The highest BCUT2D eigenvalue weighted by atomic mass is 32.1. The van der Waals surface area contributed by atoms with Gasteiger partial charge in [0.25, 0.3) is 0 Å². The molecular formula is C21H25N3O2S. The Kier molecular flexibility index (Phi) is 6.29. The highest BCUT2D eigenvalue weighted by molar-refractivity contribution is 7.80. The molecule has 1 saturated heterocycles. The van der Waals surface area contributed by atoms with Gasteiger partial charge in [-0.05, 0) is 67.0 Å². The number of hydrogen-bond donors (Lipinski definition) is 2. The van der Waals surface area contributed by atoms with Gasteiger partial charge in [-0.2, -0.15) is 0 Å². The fourth-order valence-corrected chi connectivity index (χ4v) is 3.49. The van der Waals surface area contributed by atoms with Crippen molar-refractivity contribution >= 4 is 34.6 Å². The zero-order chi connectivity index (χ0) is 19.2. The number of rotatable bonds is 6. The lowest BCUT2D eigenvalue weighted by atomic mass is 10.0. The molecule has 1 aliphatic heterocycles. The van der Waals surface area contributed by atoms with Crippen molar-refractivity contribution in [1.82, 2.24) is 5.32 Å². The zero-order valence-corrected chi connectivity index (χ0v) is 16.5. The molecule has 1 fully saturated rings. The fourth-order valence-electron chi connectivity index (χ4n) is 3.23. The summed E-state index contributed by atoms with van der Waals surface area (Å²) in [6, 6.07) is 15.9. The van der Waals surface area contributed by atoms with Gasteiger partial charge in [-0.1, -0.05) is 19.1 Å². The van der Waals surface area contributed by atoms with E-state index in [4.69, 9.17) is 17.0 Å². The van der Waals surface area contributed by atoms with Gasteiger partial charge in [0, 0.05) is 24.3 Å². The van der Waals surface area contributed by atoms with Crippen LogP contribution in [0.3, 0.4) is 0 Å². The smallest absolute Gasteiger partial charge is 0.227 e. The summed E-state index contributed by atoms with van der Waals surface area (Å²) >= 11 is 5.47. The van der Waals surface area contributed by atoms with Gasteiger partial charge in [-0.3, -0.25) is 4.79 Å².